The van der Waals surface area contributed by atoms with E-state index in [1.54, 1.807) is 18.3 Å². The number of aromatic nitrogens is 2. The average Bonchev–Trinajstić information content (AvgIpc) is 3.19. The molecule has 152 valence electrons. The van der Waals surface area contributed by atoms with Crippen molar-refractivity contribution in [1.29, 1.82) is 0 Å². The summed E-state index contributed by atoms with van der Waals surface area (Å²) in [6.07, 6.45) is 4.67. The van der Waals surface area contributed by atoms with E-state index < -0.39 is 10.0 Å². The van der Waals surface area contributed by atoms with E-state index in [0.717, 1.165) is 6.54 Å². The third kappa shape index (κ3) is 5.12. The minimum Gasteiger partial charge on any atom is -0.356 e. The molecule has 0 radical (unpaired) electrons. The smallest absolute Gasteiger partial charge is 0.243 e. The predicted molar refractivity (Wildman–Crippen MR) is 107 cm³/mol. The molecule has 9 heteroatoms. The van der Waals surface area contributed by atoms with Crippen molar-refractivity contribution in [1.82, 2.24) is 19.4 Å². The minimum absolute atomic E-state index is 0.00384. The largest absolute Gasteiger partial charge is 0.356 e. The fraction of sp³-hybridized carbons (Fsp3) is 0.474. The first-order valence-electron chi connectivity index (χ1n) is 9.37. The van der Waals surface area contributed by atoms with Crippen LogP contribution in [0.5, 0.6) is 0 Å². The van der Waals surface area contributed by atoms with Crippen LogP contribution in [0.1, 0.15) is 19.8 Å². The van der Waals surface area contributed by atoms with Crippen molar-refractivity contribution in [2.24, 2.45) is 11.8 Å². The van der Waals surface area contributed by atoms with Crippen molar-refractivity contribution in [3.05, 3.63) is 47.7 Å². The van der Waals surface area contributed by atoms with Gasteiger partial charge in [0.05, 0.1) is 4.90 Å². The Balaban J connectivity index is 1.47. The second kappa shape index (κ2) is 9.07. The third-order valence-electron chi connectivity index (χ3n) is 4.96. The monoisotopic (exact) mass is 424 g/mol. The number of amides is 1. The molecule has 28 heavy (non-hydrogen) atoms. The highest BCUT2D eigenvalue weighted by Gasteiger charge is 2.32. The number of hydrogen-bond acceptors (Lipinski definition) is 4. The zero-order chi connectivity index (χ0) is 20.1. The Bertz CT molecular complexity index is 876. The van der Waals surface area contributed by atoms with Crippen LogP contribution in [0.25, 0.3) is 0 Å². The molecule has 3 rings (SSSR count). The molecular formula is C19H25ClN4O3S. The summed E-state index contributed by atoms with van der Waals surface area (Å²) in [5.74, 6) is 0.0960. The van der Waals surface area contributed by atoms with Crippen molar-refractivity contribution in [3.63, 3.8) is 0 Å². The van der Waals surface area contributed by atoms with Crippen LogP contribution in [-0.2, 0) is 21.4 Å². The zero-order valence-corrected chi connectivity index (χ0v) is 17.4. The Morgan fingerprint density at radius 1 is 1.29 bits per heavy atom. The lowest BCUT2D eigenvalue weighted by atomic mass is 9.97. The Hall–Kier alpha value is -1.90. The van der Waals surface area contributed by atoms with E-state index in [0.29, 0.717) is 37.5 Å². The fourth-order valence-electron chi connectivity index (χ4n) is 3.33. The molecule has 0 spiro atoms. The highest BCUT2D eigenvalue weighted by atomic mass is 35.5. The molecule has 1 aromatic heterocycles. The van der Waals surface area contributed by atoms with Gasteiger partial charge in [0.25, 0.3) is 0 Å². The number of sulfonamides is 1. The Kier molecular flexibility index (Phi) is 6.74. The molecule has 1 unspecified atom stereocenters. The number of benzene rings is 1. The van der Waals surface area contributed by atoms with Crippen molar-refractivity contribution >= 4 is 27.5 Å². The SMILES string of the molecule is CC(CNC(=O)C1CCN(S(=O)(=O)c2ccc(Cl)cc2)CC1)Cn1cccn1. The molecule has 1 aliphatic rings. The van der Waals surface area contributed by atoms with Gasteiger partial charge in [-0.05, 0) is 49.1 Å². The van der Waals surface area contributed by atoms with Gasteiger partial charge in [-0.2, -0.15) is 9.40 Å². The van der Waals surface area contributed by atoms with Gasteiger partial charge in [-0.15, -0.1) is 0 Å². The summed E-state index contributed by atoms with van der Waals surface area (Å²) in [7, 11) is -3.55. The number of hydrogen-bond donors (Lipinski definition) is 1. The van der Waals surface area contributed by atoms with Crippen LogP contribution in [0.4, 0.5) is 0 Å². The first-order chi connectivity index (χ1) is 13.4. The van der Waals surface area contributed by atoms with E-state index >= 15 is 0 Å². The molecule has 0 bridgehead atoms. The van der Waals surface area contributed by atoms with Crippen LogP contribution >= 0.6 is 11.6 Å². The summed E-state index contributed by atoms with van der Waals surface area (Å²) in [6.45, 7) is 4.05. The van der Waals surface area contributed by atoms with E-state index in [-0.39, 0.29) is 22.6 Å². The Morgan fingerprint density at radius 2 is 1.96 bits per heavy atom. The van der Waals surface area contributed by atoms with Gasteiger partial charge in [-0.25, -0.2) is 8.42 Å². The molecule has 7 nitrogen and oxygen atoms in total. The number of nitrogens with one attached hydrogen (secondary N) is 1. The summed E-state index contributed by atoms with van der Waals surface area (Å²) in [6, 6.07) is 8.03. The number of nitrogens with zero attached hydrogens (tertiary/aromatic N) is 3. The summed E-state index contributed by atoms with van der Waals surface area (Å²) < 4.78 is 28.7. The lowest BCUT2D eigenvalue weighted by Gasteiger charge is -2.30. The van der Waals surface area contributed by atoms with Gasteiger partial charge in [-0.3, -0.25) is 9.48 Å². The maximum absolute atomic E-state index is 12.7. The quantitative estimate of drug-likeness (QED) is 0.739. The van der Waals surface area contributed by atoms with Crippen LogP contribution in [0, 0.1) is 11.8 Å². The molecular weight excluding hydrogens is 400 g/mol. The van der Waals surface area contributed by atoms with E-state index in [2.05, 4.69) is 17.3 Å². The molecule has 0 saturated carbocycles. The van der Waals surface area contributed by atoms with Crippen molar-refractivity contribution in [2.45, 2.75) is 31.2 Å². The molecule has 1 atom stereocenters. The van der Waals surface area contributed by atoms with Gasteiger partial charge in [0.15, 0.2) is 0 Å². The molecule has 1 aliphatic heterocycles. The molecule has 1 fully saturated rings. The zero-order valence-electron chi connectivity index (χ0n) is 15.8. The molecule has 1 N–H and O–H groups in total. The third-order valence-corrected chi connectivity index (χ3v) is 7.12. The second-order valence-electron chi connectivity index (χ2n) is 7.21. The van der Waals surface area contributed by atoms with Crippen LogP contribution in [-0.4, -0.2) is 48.0 Å². The van der Waals surface area contributed by atoms with Crippen LogP contribution in [0.3, 0.4) is 0 Å². The lowest BCUT2D eigenvalue weighted by Crippen LogP contribution is -2.43. The van der Waals surface area contributed by atoms with Gasteiger partial charge in [-0.1, -0.05) is 18.5 Å². The van der Waals surface area contributed by atoms with E-state index in [9.17, 15) is 13.2 Å². The first kappa shape index (κ1) is 20.8. The number of halogens is 1. The first-order valence-corrected chi connectivity index (χ1v) is 11.2. The highest BCUT2D eigenvalue weighted by molar-refractivity contribution is 7.89. The Labute approximate surface area is 170 Å². The Morgan fingerprint density at radius 3 is 2.57 bits per heavy atom. The van der Waals surface area contributed by atoms with Crippen LogP contribution < -0.4 is 5.32 Å². The van der Waals surface area contributed by atoms with Gasteiger partial charge < -0.3 is 5.32 Å². The minimum atomic E-state index is -3.55. The molecule has 1 saturated heterocycles. The number of rotatable bonds is 7. The summed E-state index contributed by atoms with van der Waals surface area (Å²) in [4.78, 5) is 12.7. The standard InChI is InChI=1S/C19H25ClN4O3S/c1-15(14-23-10-2-9-22-23)13-21-19(25)16-7-11-24(12-8-16)28(26,27)18-5-3-17(20)4-6-18/h2-6,9-10,15-16H,7-8,11-14H2,1H3,(H,21,25). The van der Waals surface area contributed by atoms with E-state index in [1.165, 1.54) is 16.4 Å². The van der Waals surface area contributed by atoms with Crippen molar-refractivity contribution < 1.29 is 13.2 Å². The topological polar surface area (TPSA) is 84.3 Å². The highest BCUT2D eigenvalue weighted by Crippen LogP contribution is 2.24. The van der Waals surface area contributed by atoms with Gasteiger partial charge in [0, 0.05) is 49.5 Å². The van der Waals surface area contributed by atoms with Gasteiger partial charge in [0.2, 0.25) is 15.9 Å². The number of carbonyl (C=O) groups excluding carboxylic acids is 1. The normalized spacial score (nSPS) is 17.4. The van der Waals surface area contributed by atoms with Gasteiger partial charge >= 0.3 is 0 Å². The van der Waals surface area contributed by atoms with Crippen LogP contribution in [0.2, 0.25) is 5.02 Å². The predicted octanol–water partition coefficient (Wildman–Crippen LogP) is 2.39. The molecule has 0 aliphatic carbocycles. The number of carbonyl (C=O) groups is 1. The van der Waals surface area contributed by atoms with E-state index in [1.807, 2.05) is 16.9 Å². The van der Waals surface area contributed by atoms with Crippen molar-refractivity contribution in [3.8, 4) is 0 Å². The van der Waals surface area contributed by atoms with Crippen LogP contribution in [0.15, 0.2) is 47.6 Å². The summed E-state index contributed by atoms with van der Waals surface area (Å²) in [5, 5.41) is 7.66. The second-order valence-corrected chi connectivity index (χ2v) is 9.59. The molecule has 1 aromatic carbocycles. The summed E-state index contributed by atoms with van der Waals surface area (Å²) in [5.41, 5.74) is 0. The van der Waals surface area contributed by atoms with Gasteiger partial charge in [0.1, 0.15) is 0 Å². The molecule has 2 aromatic rings. The average molecular weight is 425 g/mol. The summed E-state index contributed by atoms with van der Waals surface area (Å²) >= 11 is 5.84. The molecule has 1 amide bonds. The number of piperidine rings is 1. The fourth-order valence-corrected chi connectivity index (χ4v) is 4.92. The molecule has 2 heterocycles. The lowest BCUT2D eigenvalue weighted by molar-refractivity contribution is -0.126. The van der Waals surface area contributed by atoms with E-state index in [4.69, 9.17) is 11.6 Å². The van der Waals surface area contributed by atoms with Crippen molar-refractivity contribution in [2.75, 3.05) is 19.6 Å². The maximum Gasteiger partial charge on any atom is 0.243 e. The maximum atomic E-state index is 12.7.